The van der Waals surface area contributed by atoms with Crippen molar-refractivity contribution in [2.75, 3.05) is 0 Å². The summed E-state index contributed by atoms with van der Waals surface area (Å²) < 4.78 is 0. The normalized spacial score (nSPS) is 23.4. The van der Waals surface area contributed by atoms with Crippen LogP contribution in [0.1, 0.15) is 32.6 Å². The Morgan fingerprint density at radius 2 is 2.12 bits per heavy atom. The van der Waals surface area contributed by atoms with Crippen molar-refractivity contribution in [1.29, 1.82) is 10.5 Å². The highest BCUT2D eigenvalue weighted by Crippen LogP contribution is 2.33. The number of nitrogens with one attached hydrogen (secondary N) is 1. The van der Waals surface area contributed by atoms with Gasteiger partial charge in [-0.1, -0.05) is 6.58 Å². The van der Waals surface area contributed by atoms with E-state index in [4.69, 9.17) is 16.9 Å². The van der Waals surface area contributed by atoms with Crippen molar-refractivity contribution in [2.45, 2.75) is 44.7 Å². The number of hydrogen-bond acceptors (Lipinski definition) is 3. The third-order valence-corrected chi connectivity index (χ3v) is 3.31. The van der Waals surface area contributed by atoms with Gasteiger partial charge in [-0.3, -0.25) is 0 Å². The SMILES string of the molecule is C#CCC(C#N)(C#N)C(=C)CC1CCC(C)N1. The lowest BCUT2D eigenvalue weighted by atomic mass is 9.78. The predicted molar refractivity (Wildman–Crippen MR) is 66.5 cm³/mol. The quantitative estimate of drug-likeness (QED) is 0.591. The summed E-state index contributed by atoms with van der Waals surface area (Å²) in [6, 6.07) is 4.86. The molecule has 3 heteroatoms. The van der Waals surface area contributed by atoms with Crippen molar-refractivity contribution in [3.63, 3.8) is 0 Å². The smallest absolute Gasteiger partial charge is 0.175 e. The standard InChI is InChI=1S/C14H17N3/c1-4-7-14(9-15,10-16)11(2)8-13-6-5-12(3)17-13/h1,12-13,17H,2,5-8H2,3H3. The molecule has 3 nitrogen and oxygen atoms in total. The number of rotatable bonds is 4. The van der Waals surface area contributed by atoms with E-state index in [9.17, 15) is 0 Å². The monoisotopic (exact) mass is 227 g/mol. The first-order valence-electron chi connectivity index (χ1n) is 5.78. The third-order valence-electron chi connectivity index (χ3n) is 3.31. The molecule has 0 radical (unpaired) electrons. The summed E-state index contributed by atoms with van der Waals surface area (Å²) in [5.41, 5.74) is -0.588. The molecule has 0 spiro atoms. The van der Waals surface area contributed by atoms with Gasteiger partial charge in [0.25, 0.3) is 0 Å². The lowest BCUT2D eigenvalue weighted by Crippen LogP contribution is -2.30. The van der Waals surface area contributed by atoms with Crippen molar-refractivity contribution in [2.24, 2.45) is 5.41 Å². The van der Waals surface area contributed by atoms with Crippen LogP contribution in [-0.2, 0) is 0 Å². The number of hydrogen-bond donors (Lipinski definition) is 1. The molecule has 1 aliphatic rings. The lowest BCUT2D eigenvalue weighted by Gasteiger charge is -2.22. The Morgan fingerprint density at radius 1 is 1.47 bits per heavy atom. The second-order valence-corrected chi connectivity index (χ2v) is 4.66. The van der Waals surface area contributed by atoms with Gasteiger partial charge in [0.2, 0.25) is 0 Å². The number of nitrogens with zero attached hydrogens (tertiary/aromatic N) is 2. The summed E-state index contributed by atoms with van der Waals surface area (Å²) in [6.07, 6.45) is 8.17. The second kappa shape index (κ2) is 5.53. The minimum atomic E-state index is -1.22. The van der Waals surface area contributed by atoms with Gasteiger partial charge in [0.15, 0.2) is 5.41 Å². The summed E-state index contributed by atoms with van der Waals surface area (Å²) in [5, 5.41) is 21.7. The maximum Gasteiger partial charge on any atom is 0.175 e. The van der Waals surface area contributed by atoms with Gasteiger partial charge in [0, 0.05) is 18.5 Å². The molecule has 1 aliphatic heterocycles. The topological polar surface area (TPSA) is 59.6 Å². The van der Waals surface area contributed by atoms with Crippen LogP contribution in [0.4, 0.5) is 0 Å². The first-order valence-corrected chi connectivity index (χ1v) is 5.78. The molecule has 2 atom stereocenters. The molecule has 1 rings (SSSR count). The molecule has 0 saturated carbocycles. The molecule has 0 aliphatic carbocycles. The summed E-state index contributed by atoms with van der Waals surface area (Å²) in [4.78, 5) is 0. The first-order chi connectivity index (χ1) is 8.07. The highest BCUT2D eigenvalue weighted by Gasteiger charge is 2.34. The maximum atomic E-state index is 9.15. The zero-order chi connectivity index (χ0) is 12.9. The summed E-state index contributed by atoms with van der Waals surface area (Å²) in [7, 11) is 0. The van der Waals surface area contributed by atoms with E-state index < -0.39 is 5.41 Å². The average Bonchev–Trinajstić information content (AvgIpc) is 2.71. The van der Waals surface area contributed by atoms with Gasteiger partial charge in [0.05, 0.1) is 12.1 Å². The van der Waals surface area contributed by atoms with Crippen LogP contribution in [-0.4, -0.2) is 12.1 Å². The van der Waals surface area contributed by atoms with E-state index in [1.165, 1.54) is 0 Å². The lowest BCUT2D eigenvalue weighted by molar-refractivity contribution is 0.512. The predicted octanol–water partition coefficient (Wildman–Crippen LogP) is 2.13. The zero-order valence-electron chi connectivity index (χ0n) is 10.2. The Morgan fingerprint density at radius 3 is 2.53 bits per heavy atom. The van der Waals surface area contributed by atoms with Crippen LogP contribution in [0.5, 0.6) is 0 Å². The fourth-order valence-corrected chi connectivity index (χ4v) is 2.19. The van der Waals surface area contributed by atoms with Crippen LogP contribution in [0.2, 0.25) is 0 Å². The Balaban J connectivity index is 2.72. The van der Waals surface area contributed by atoms with Crippen molar-refractivity contribution in [1.82, 2.24) is 5.32 Å². The fraction of sp³-hybridized carbons (Fsp3) is 0.571. The Kier molecular flexibility index (Phi) is 4.33. The summed E-state index contributed by atoms with van der Waals surface area (Å²) in [6.45, 7) is 6.03. The first kappa shape index (κ1) is 13.3. The van der Waals surface area contributed by atoms with Gasteiger partial charge >= 0.3 is 0 Å². The largest absolute Gasteiger partial charge is 0.311 e. The van der Waals surface area contributed by atoms with Crippen LogP contribution >= 0.6 is 0 Å². The molecular weight excluding hydrogens is 210 g/mol. The second-order valence-electron chi connectivity index (χ2n) is 4.66. The molecule has 0 bridgehead atoms. The molecule has 17 heavy (non-hydrogen) atoms. The molecule has 1 saturated heterocycles. The van der Waals surface area contributed by atoms with E-state index in [1.807, 2.05) is 12.1 Å². The Labute approximate surface area is 103 Å². The average molecular weight is 227 g/mol. The molecule has 1 fully saturated rings. The molecule has 0 aromatic rings. The van der Waals surface area contributed by atoms with Crippen LogP contribution in [0, 0.1) is 40.4 Å². The van der Waals surface area contributed by atoms with Crippen LogP contribution in [0.25, 0.3) is 0 Å². The van der Waals surface area contributed by atoms with E-state index in [1.54, 1.807) is 0 Å². The van der Waals surface area contributed by atoms with Crippen LogP contribution in [0.15, 0.2) is 12.2 Å². The van der Waals surface area contributed by atoms with Gasteiger partial charge in [0.1, 0.15) is 0 Å². The van der Waals surface area contributed by atoms with Gasteiger partial charge in [-0.05, 0) is 31.8 Å². The van der Waals surface area contributed by atoms with Gasteiger partial charge in [-0.15, -0.1) is 12.3 Å². The van der Waals surface area contributed by atoms with Crippen molar-refractivity contribution in [3.05, 3.63) is 12.2 Å². The number of nitriles is 2. The molecule has 2 unspecified atom stereocenters. The van der Waals surface area contributed by atoms with Gasteiger partial charge in [-0.25, -0.2) is 0 Å². The third kappa shape index (κ3) is 2.88. The molecule has 0 aromatic heterocycles. The zero-order valence-corrected chi connectivity index (χ0v) is 10.2. The van der Waals surface area contributed by atoms with Crippen molar-refractivity contribution in [3.8, 4) is 24.5 Å². The minimum absolute atomic E-state index is 0.112. The van der Waals surface area contributed by atoms with E-state index in [0.29, 0.717) is 24.1 Å². The summed E-state index contributed by atoms with van der Waals surface area (Å²) >= 11 is 0. The molecule has 1 heterocycles. The van der Waals surface area contributed by atoms with Gasteiger partial charge in [-0.2, -0.15) is 10.5 Å². The highest BCUT2D eigenvalue weighted by atomic mass is 15.0. The Bertz CT molecular complexity index is 402. The molecular formula is C14H17N3. The van der Waals surface area contributed by atoms with Crippen molar-refractivity contribution < 1.29 is 0 Å². The van der Waals surface area contributed by atoms with E-state index in [0.717, 1.165) is 12.8 Å². The van der Waals surface area contributed by atoms with Crippen molar-refractivity contribution >= 4 is 0 Å². The van der Waals surface area contributed by atoms with E-state index in [-0.39, 0.29) is 6.42 Å². The molecule has 0 amide bonds. The maximum absolute atomic E-state index is 9.15. The molecule has 0 aromatic carbocycles. The summed E-state index contributed by atoms with van der Waals surface area (Å²) in [5.74, 6) is 2.40. The van der Waals surface area contributed by atoms with Crippen LogP contribution in [0.3, 0.4) is 0 Å². The number of terminal acetylenes is 1. The highest BCUT2D eigenvalue weighted by molar-refractivity contribution is 5.34. The minimum Gasteiger partial charge on any atom is -0.311 e. The fourth-order valence-electron chi connectivity index (χ4n) is 2.19. The van der Waals surface area contributed by atoms with Crippen LogP contribution < -0.4 is 5.32 Å². The van der Waals surface area contributed by atoms with E-state index in [2.05, 4.69) is 24.7 Å². The molecule has 88 valence electrons. The molecule has 1 N–H and O–H groups in total. The Hall–Kier alpha value is -1.76. The van der Waals surface area contributed by atoms with Gasteiger partial charge < -0.3 is 5.32 Å². The van der Waals surface area contributed by atoms with E-state index >= 15 is 0 Å².